The van der Waals surface area contributed by atoms with Gasteiger partial charge >= 0.3 is 0 Å². The van der Waals surface area contributed by atoms with E-state index in [1.54, 1.807) is 0 Å². The molecule has 1 unspecified atom stereocenters. The molecule has 3 aromatic rings. The lowest BCUT2D eigenvalue weighted by atomic mass is 10.1. The molecule has 0 aromatic heterocycles. The van der Waals surface area contributed by atoms with E-state index in [0.717, 1.165) is 32.6 Å². The molecule has 0 bridgehead atoms. The molecule has 3 aromatic carbocycles. The third kappa shape index (κ3) is 2.76. The zero-order valence-corrected chi connectivity index (χ0v) is 17.2. The van der Waals surface area contributed by atoms with Crippen LogP contribution in [0, 0.1) is 0 Å². The zero-order valence-electron chi connectivity index (χ0n) is 16.3. The minimum atomic E-state index is -0.904. The van der Waals surface area contributed by atoms with Crippen molar-refractivity contribution in [2.24, 2.45) is 5.10 Å². The van der Waals surface area contributed by atoms with E-state index in [-0.39, 0.29) is 5.91 Å². The summed E-state index contributed by atoms with van der Waals surface area (Å²) in [6, 6.07) is 22.5. The van der Waals surface area contributed by atoms with Crippen LogP contribution in [0.1, 0.15) is 25.0 Å². The number of nitrogens with one attached hydrogen (secondary N) is 1. The monoisotopic (exact) mass is 399 g/mol. The summed E-state index contributed by atoms with van der Waals surface area (Å²) in [5, 5.41) is 7.78. The maximum Gasteiger partial charge on any atom is 0.270 e. The Morgan fingerprint density at radius 1 is 1.07 bits per heavy atom. The Labute approximate surface area is 174 Å². The second-order valence-electron chi connectivity index (χ2n) is 7.55. The van der Waals surface area contributed by atoms with Crippen LogP contribution in [0.15, 0.2) is 83.5 Å². The fourth-order valence-electron chi connectivity index (χ4n) is 3.93. The van der Waals surface area contributed by atoms with Gasteiger partial charge in [0.15, 0.2) is 0 Å². The van der Waals surface area contributed by atoms with Gasteiger partial charge in [-0.1, -0.05) is 84.1 Å². The van der Waals surface area contributed by atoms with Gasteiger partial charge in [0, 0.05) is 17.7 Å². The highest BCUT2D eigenvalue weighted by Crippen LogP contribution is 2.50. The van der Waals surface area contributed by atoms with Gasteiger partial charge in [-0.3, -0.25) is 10.2 Å². The second-order valence-corrected chi connectivity index (χ2v) is 8.76. The first-order valence-electron chi connectivity index (χ1n) is 9.67. The fourth-order valence-corrected chi connectivity index (χ4v) is 5.17. The number of hydrogen-bond acceptors (Lipinski definition) is 4. The van der Waals surface area contributed by atoms with E-state index in [0.29, 0.717) is 6.54 Å². The third-order valence-corrected chi connectivity index (χ3v) is 6.68. The first-order valence-corrected chi connectivity index (χ1v) is 10.5. The van der Waals surface area contributed by atoms with Crippen LogP contribution in [0.4, 0.5) is 5.69 Å². The molecule has 0 saturated heterocycles. The second kappa shape index (κ2) is 6.78. The van der Waals surface area contributed by atoms with Crippen molar-refractivity contribution in [1.29, 1.82) is 0 Å². The van der Waals surface area contributed by atoms with E-state index in [1.165, 1.54) is 17.3 Å². The quantitative estimate of drug-likeness (QED) is 0.630. The molecule has 144 valence electrons. The first-order chi connectivity index (χ1) is 14.1. The normalized spacial score (nSPS) is 20.0. The van der Waals surface area contributed by atoms with Gasteiger partial charge in [-0.05, 0) is 30.7 Å². The zero-order chi connectivity index (χ0) is 20.0. The average Bonchev–Trinajstić information content (AvgIpc) is 3.28. The van der Waals surface area contributed by atoms with E-state index >= 15 is 0 Å². The summed E-state index contributed by atoms with van der Waals surface area (Å²) in [5.74, 6) is 0.0280. The predicted molar refractivity (Wildman–Crippen MR) is 121 cm³/mol. The van der Waals surface area contributed by atoms with Gasteiger partial charge in [0.2, 0.25) is 4.87 Å². The van der Waals surface area contributed by atoms with E-state index in [4.69, 9.17) is 0 Å². The maximum atomic E-state index is 13.6. The molecule has 0 aliphatic carbocycles. The minimum absolute atomic E-state index is 0.0280. The largest absolute Gasteiger partial charge is 0.305 e. The SMILES string of the molecule is CC(C)=CCN1C(=O)C2(NN=C(c3cccc4ccccc34)S2)c2ccccc21. The van der Waals surface area contributed by atoms with Crippen LogP contribution in [-0.4, -0.2) is 17.5 Å². The van der Waals surface area contributed by atoms with Crippen molar-refractivity contribution in [2.45, 2.75) is 18.7 Å². The number of nitrogens with zero attached hydrogens (tertiary/aromatic N) is 2. The van der Waals surface area contributed by atoms with Crippen molar-refractivity contribution >= 4 is 39.2 Å². The van der Waals surface area contributed by atoms with Gasteiger partial charge in [-0.2, -0.15) is 5.10 Å². The summed E-state index contributed by atoms with van der Waals surface area (Å²) < 4.78 is 0. The van der Waals surface area contributed by atoms with Gasteiger partial charge in [0.25, 0.3) is 5.91 Å². The van der Waals surface area contributed by atoms with Gasteiger partial charge in [0.05, 0.1) is 5.69 Å². The molecule has 1 amide bonds. The molecule has 1 spiro atoms. The highest BCUT2D eigenvalue weighted by molar-refractivity contribution is 8.16. The van der Waals surface area contributed by atoms with Crippen molar-refractivity contribution in [3.8, 4) is 0 Å². The van der Waals surface area contributed by atoms with Crippen LogP contribution in [0.5, 0.6) is 0 Å². The summed E-state index contributed by atoms with van der Waals surface area (Å²) in [6.45, 7) is 4.66. The lowest BCUT2D eigenvalue weighted by molar-refractivity contribution is -0.120. The Bertz CT molecular complexity index is 1190. The first kappa shape index (κ1) is 18.0. The molecule has 5 rings (SSSR count). The van der Waals surface area contributed by atoms with E-state index in [9.17, 15) is 4.79 Å². The van der Waals surface area contributed by atoms with Crippen molar-refractivity contribution in [2.75, 3.05) is 11.4 Å². The number of benzene rings is 3. The number of carbonyl (C=O) groups is 1. The molecular weight excluding hydrogens is 378 g/mol. The Morgan fingerprint density at radius 3 is 2.69 bits per heavy atom. The molecule has 1 N–H and O–H groups in total. The molecule has 4 nitrogen and oxygen atoms in total. The van der Waals surface area contributed by atoms with Gasteiger partial charge in [-0.25, -0.2) is 0 Å². The van der Waals surface area contributed by atoms with Gasteiger partial charge in [-0.15, -0.1) is 0 Å². The Morgan fingerprint density at radius 2 is 1.83 bits per heavy atom. The third-order valence-electron chi connectivity index (χ3n) is 5.39. The number of allylic oxidation sites excluding steroid dienone is 1. The van der Waals surface area contributed by atoms with Crippen LogP contribution in [0.3, 0.4) is 0 Å². The molecule has 0 saturated carbocycles. The van der Waals surface area contributed by atoms with Gasteiger partial charge in [0.1, 0.15) is 5.04 Å². The molecule has 2 heterocycles. The summed E-state index contributed by atoms with van der Waals surface area (Å²) in [6.07, 6.45) is 2.08. The molecule has 2 aliphatic rings. The van der Waals surface area contributed by atoms with Crippen molar-refractivity contribution in [3.05, 3.63) is 89.5 Å². The molecule has 29 heavy (non-hydrogen) atoms. The molecule has 5 heteroatoms. The Hall–Kier alpha value is -3.05. The number of thioether (sulfide) groups is 1. The Balaban J connectivity index is 1.56. The average molecular weight is 400 g/mol. The van der Waals surface area contributed by atoms with Crippen LogP contribution in [-0.2, 0) is 9.67 Å². The highest BCUT2D eigenvalue weighted by Gasteiger charge is 2.55. The van der Waals surface area contributed by atoms with E-state index < -0.39 is 4.87 Å². The fraction of sp³-hybridized carbons (Fsp3) is 0.167. The number of rotatable bonds is 3. The summed E-state index contributed by atoms with van der Waals surface area (Å²) in [7, 11) is 0. The van der Waals surface area contributed by atoms with Crippen molar-refractivity contribution in [3.63, 3.8) is 0 Å². The lowest BCUT2D eigenvalue weighted by Gasteiger charge is -2.22. The number of anilines is 1. The Kier molecular flexibility index (Phi) is 4.21. The minimum Gasteiger partial charge on any atom is -0.305 e. The summed E-state index contributed by atoms with van der Waals surface area (Å²) in [5.41, 5.74) is 7.36. The lowest BCUT2D eigenvalue weighted by Crippen LogP contribution is -2.44. The predicted octanol–water partition coefficient (Wildman–Crippen LogP) is 5.00. The number of fused-ring (bicyclic) bond motifs is 3. The van der Waals surface area contributed by atoms with Gasteiger partial charge < -0.3 is 4.90 Å². The van der Waals surface area contributed by atoms with Crippen molar-refractivity contribution < 1.29 is 4.79 Å². The summed E-state index contributed by atoms with van der Waals surface area (Å²) >= 11 is 1.50. The maximum absolute atomic E-state index is 13.6. The molecule has 2 aliphatic heterocycles. The van der Waals surface area contributed by atoms with Crippen LogP contribution in [0.2, 0.25) is 0 Å². The molecule has 1 atom stereocenters. The number of para-hydroxylation sites is 1. The topological polar surface area (TPSA) is 44.7 Å². The molecular formula is C24H21N3OS. The molecule has 0 fully saturated rings. The van der Waals surface area contributed by atoms with E-state index in [1.807, 2.05) is 61.2 Å². The number of hydrogen-bond donors (Lipinski definition) is 1. The molecule has 0 radical (unpaired) electrons. The number of hydrazone groups is 1. The van der Waals surface area contributed by atoms with Crippen LogP contribution >= 0.6 is 11.8 Å². The smallest absolute Gasteiger partial charge is 0.270 e. The number of amides is 1. The number of carbonyl (C=O) groups excluding carboxylic acids is 1. The summed E-state index contributed by atoms with van der Waals surface area (Å²) in [4.78, 5) is 14.5. The highest BCUT2D eigenvalue weighted by atomic mass is 32.2. The van der Waals surface area contributed by atoms with Crippen LogP contribution < -0.4 is 10.3 Å². The van der Waals surface area contributed by atoms with Crippen molar-refractivity contribution in [1.82, 2.24) is 5.43 Å². The standard InChI is InChI=1S/C24H21N3OS/c1-16(2)14-15-27-21-13-6-5-12-20(21)24(23(27)28)26-25-22(29-24)19-11-7-9-17-8-3-4-10-18(17)19/h3-14,26H,15H2,1-2H3. The van der Waals surface area contributed by atoms with Crippen LogP contribution in [0.25, 0.3) is 10.8 Å². The van der Waals surface area contributed by atoms with E-state index in [2.05, 4.69) is 40.9 Å².